The molecule has 0 aliphatic carbocycles. The van der Waals surface area contributed by atoms with E-state index in [4.69, 9.17) is 44.6 Å². The van der Waals surface area contributed by atoms with E-state index in [1.165, 1.54) is 10.0 Å². The maximum atomic E-state index is 12.9. The van der Waals surface area contributed by atoms with Crippen LogP contribution in [0.4, 0.5) is 0 Å². The van der Waals surface area contributed by atoms with Crippen LogP contribution in [0.5, 0.6) is 0 Å². The highest BCUT2D eigenvalue weighted by atomic mass is 35.6. The Morgan fingerprint density at radius 3 is 1.44 bits per heavy atom. The van der Waals surface area contributed by atoms with Crippen molar-refractivity contribution >= 4 is 82.2 Å². The Morgan fingerprint density at radius 2 is 1.08 bits per heavy atom. The topological polar surface area (TPSA) is 245 Å². The van der Waals surface area contributed by atoms with Gasteiger partial charge in [-0.15, -0.1) is 13.2 Å². The fourth-order valence-electron chi connectivity index (χ4n) is 6.40. The largest absolute Gasteiger partial charge is 0.480 e. The maximum absolute atomic E-state index is 12.9. The summed E-state index contributed by atoms with van der Waals surface area (Å²) in [4.78, 5) is 98.6. The zero-order valence-electron chi connectivity index (χ0n) is 37.4. The Bertz CT molecular complexity index is 1560. The van der Waals surface area contributed by atoms with Crippen molar-refractivity contribution in [1.29, 1.82) is 0 Å². The van der Waals surface area contributed by atoms with Crippen LogP contribution >= 0.6 is 34.8 Å². The minimum Gasteiger partial charge on any atom is -0.480 e. The SMILES string of the molecule is C=CCCCCC(=O)N[C@H](C(=O)N[C@@H](C)C(=O)N1CCC[C@@H](C(=O)O)N1)C(C)C.C=CCCCCC(=O)N[C@H](C(=O)N[C@@H](C)C(=O)N1CCC[C@@H](C(=O)OCC(Cl)(Cl)Cl)N1)C(C)C. The number of allylic oxidation sites excluding steroid dienone is 2. The number of unbranched alkanes of at least 4 members (excludes halogenated alkanes) is 4. The Hall–Kier alpha value is -3.97. The normalized spacial score (nSPS) is 18.3. The number of nitrogens with one attached hydrogen (secondary N) is 6. The van der Waals surface area contributed by atoms with Crippen LogP contribution in [0.2, 0.25) is 0 Å². The van der Waals surface area contributed by atoms with Gasteiger partial charge in [0, 0.05) is 25.9 Å². The van der Waals surface area contributed by atoms with E-state index in [0.29, 0.717) is 64.5 Å². The van der Waals surface area contributed by atoms with Gasteiger partial charge in [0.05, 0.1) is 0 Å². The molecule has 18 nitrogen and oxygen atoms in total. The molecule has 2 aliphatic heterocycles. The Morgan fingerprint density at radius 1 is 0.683 bits per heavy atom. The van der Waals surface area contributed by atoms with E-state index in [-0.39, 0.29) is 23.7 Å². The molecule has 2 heterocycles. The summed E-state index contributed by atoms with van der Waals surface area (Å²) < 4.78 is 3.26. The third-order valence-electron chi connectivity index (χ3n) is 9.98. The van der Waals surface area contributed by atoms with Crippen molar-refractivity contribution in [2.45, 2.75) is 159 Å². The molecule has 63 heavy (non-hydrogen) atoms. The lowest BCUT2D eigenvalue weighted by Gasteiger charge is -2.34. The van der Waals surface area contributed by atoms with E-state index in [2.05, 4.69) is 45.3 Å². The average molecular weight is 952 g/mol. The smallest absolute Gasteiger partial charge is 0.325 e. The molecular weight excluding hydrogens is 883 g/mol. The number of nitrogens with zero attached hydrogens (tertiary/aromatic N) is 2. The van der Waals surface area contributed by atoms with Crippen LogP contribution in [-0.4, -0.2) is 122 Å². The van der Waals surface area contributed by atoms with Crippen LogP contribution in [0.1, 0.15) is 119 Å². The molecule has 0 saturated carbocycles. The quantitative estimate of drug-likeness (QED) is 0.0335. The number of hydrazine groups is 2. The molecule has 7 N–H and O–H groups in total. The van der Waals surface area contributed by atoms with Gasteiger partial charge in [0.25, 0.3) is 11.8 Å². The molecule has 0 radical (unpaired) electrons. The predicted molar refractivity (Wildman–Crippen MR) is 241 cm³/mol. The second kappa shape index (κ2) is 29.5. The number of esters is 1. The number of alkyl halides is 3. The molecule has 6 amide bonds. The molecule has 6 atom stereocenters. The molecule has 21 heteroatoms. The van der Waals surface area contributed by atoms with Crippen molar-refractivity contribution in [3.05, 3.63) is 25.3 Å². The summed E-state index contributed by atoms with van der Waals surface area (Å²) in [5.41, 5.74) is 5.49. The van der Waals surface area contributed by atoms with Gasteiger partial charge in [-0.25, -0.2) is 10.9 Å². The van der Waals surface area contributed by atoms with Gasteiger partial charge >= 0.3 is 11.9 Å². The van der Waals surface area contributed by atoms with Gasteiger partial charge < -0.3 is 31.1 Å². The molecule has 0 bridgehead atoms. The first-order chi connectivity index (χ1) is 29.5. The fraction of sp³-hybridized carbons (Fsp3) is 0.714. The highest BCUT2D eigenvalue weighted by molar-refractivity contribution is 6.67. The first-order valence-electron chi connectivity index (χ1n) is 21.5. The van der Waals surface area contributed by atoms with Gasteiger partial charge in [-0.3, -0.25) is 48.4 Å². The molecule has 358 valence electrons. The average Bonchev–Trinajstić information content (AvgIpc) is 3.23. The van der Waals surface area contributed by atoms with Crippen LogP contribution in [0.3, 0.4) is 0 Å². The van der Waals surface area contributed by atoms with Crippen molar-refractivity contribution in [1.82, 2.24) is 42.1 Å². The second-order valence-corrected chi connectivity index (χ2v) is 18.8. The molecule has 0 aromatic carbocycles. The highest BCUT2D eigenvalue weighted by Crippen LogP contribution is 2.26. The van der Waals surface area contributed by atoms with Crippen LogP contribution < -0.4 is 32.1 Å². The summed E-state index contributed by atoms with van der Waals surface area (Å²) in [6.45, 7) is 18.0. The molecular formula is C42H69Cl3N8O10. The summed E-state index contributed by atoms with van der Waals surface area (Å²) in [5.74, 6) is -4.14. The fourth-order valence-corrected chi connectivity index (χ4v) is 6.56. The lowest BCUT2D eigenvalue weighted by atomic mass is 10.0. The molecule has 2 aliphatic rings. The number of hydrogen-bond donors (Lipinski definition) is 7. The van der Waals surface area contributed by atoms with Crippen molar-refractivity contribution in [3.8, 4) is 0 Å². The van der Waals surface area contributed by atoms with Gasteiger partial charge in [0.1, 0.15) is 42.9 Å². The minimum atomic E-state index is -1.73. The van der Waals surface area contributed by atoms with Gasteiger partial charge in [-0.2, -0.15) is 0 Å². The molecule has 2 fully saturated rings. The first kappa shape index (κ1) is 57.0. The molecule has 2 saturated heterocycles. The van der Waals surface area contributed by atoms with Crippen molar-refractivity contribution in [2.24, 2.45) is 11.8 Å². The van der Waals surface area contributed by atoms with Crippen molar-refractivity contribution in [2.75, 3.05) is 19.7 Å². The van der Waals surface area contributed by atoms with Crippen LogP contribution in [0.15, 0.2) is 25.3 Å². The van der Waals surface area contributed by atoms with E-state index in [0.717, 1.165) is 25.7 Å². The van der Waals surface area contributed by atoms with Crippen LogP contribution in [-0.2, 0) is 43.1 Å². The monoisotopic (exact) mass is 950 g/mol. The number of carboxylic acids is 1. The van der Waals surface area contributed by atoms with E-state index >= 15 is 0 Å². The number of hydrogen-bond acceptors (Lipinski definition) is 11. The second-order valence-electron chi connectivity index (χ2n) is 16.3. The number of ether oxygens (including phenoxy) is 1. The molecule has 0 aromatic rings. The standard InChI is InChI=1S/C22H35Cl3N4O5.C20H34N4O5/c1-5-6-7-8-11-17(30)27-18(14(2)3)19(31)26-15(4)20(32)29-12-9-10-16(28-29)21(33)34-13-22(23,24)25;1-5-6-7-8-11-16(25)22-17(13(2)3)18(26)21-14(4)19(27)24-12-9-10-15(23-24)20(28)29/h5,14-16,18,28H,1,6-13H2,2-4H3,(H,26,31)(H,27,30);5,13-15,17,23H,1,6-12H2,2-4H3,(H,21,26)(H,22,25)(H,28,29)/t15-,16-,18-;14-,15-,17-/m00/s1. The van der Waals surface area contributed by atoms with Gasteiger partial charge in [-0.05, 0) is 89.9 Å². The van der Waals surface area contributed by atoms with Gasteiger partial charge in [0.2, 0.25) is 27.4 Å². The molecule has 0 spiro atoms. The lowest BCUT2D eigenvalue weighted by molar-refractivity contribution is -0.153. The third kappa shape index (κ3) is 22.5. The lowest BCUT2D eigenvalue weighted by Crippen LogP contribution is -2.61. The number of rotatable bonds is 23. The zero-order valence-corrected chi connectivity index (χ0v) is 39.7. The zero-order chi connectivity index (χ0) is 47.9. The summed E-state index contributed by atoms with van der Waals surface area (Å²) >= 11 is 16.8. The first-order valence-corrected chi connectivity index (χ1v) is 22.7. The van der Waals surface area contributed by atoms with E-state index in [1.54, 1.807) is 26.0 Å². The number of carbonyl (C=O) groups excluding carboxylic acids is 7. The summed E-state index contributed by atoms with van der Waals surface area (Å²) in [6.07, 6.45) is 11.0. The Labute approximate surface area is 386 Å². The maximum Gasteiger partial charge on any atom is 0.325 e. The number of aliphatic carboxylic acids is 1. The number of halogens is 3. The number of carbonyl (C=O) groups is 8. The van der Waals surface area contributed by atoms with Crippen molar-refractivity contribution < 1.29 is 48.2 Å². The minimum absolute atomic E-state index is 0.154. The van der Waals surface area contributed by atoms with Crippen LogP contribution in [0, 0.1) is 11.8 Å². The molecule has 2 rings (SSSR count). The van der Waals surface area contributed by atoms with Gasteiger partial charge in [0.15, 0.2) is 0 Å². The highest BCUT2D eigenvalue weighted by Gasteiger charge is 2.35. The number of amides is 6. The predicted octanol–water partition coefficient (Wildman–Crippen LogP) is 3.75. The Kier molecular flexibility index (Phi) is 26.7. The van der Waals surface area contributed by atoms with E-state index < -0.39 is 82.2 Å². The van der Waals surface area contributed by atoms with Crippen molar-refractivity contribution in [3.63, 3.8) is 0 Å². The van der Waals surface area contributed by atoms with E-state index in [1.807, 2.05) is 27.7 Å². The summed E-state index contributed by atoms with van der Waals surface area (Å²) in [5, 5.41) is 22.4. The Balaban J connectivity index is 0.000000638. The molecule has 0 unspecified atom stereocenters. The summed E-state index contributed by atoms with van der Waals surface area (Å²) in [7, 11) is 0. The van der Waals surface area contributed by atoms with E-state index in [9.17, 15) is 38.4 Å². The summed E-state index contributed by atoms with van der Waals surface area (Å²) in [6, 6.07) is -4.87. The third-order valence-corrected chi connectivity index (χ3v) is 10.3. The van der Waals surface area contributed by atoms with Crippen LogP contribution in [0.25, 0.3) is 0 Å². The molecule has 0 aromatic heterocycles. The number of carboxylic acid groups (broad SMARTS) is 1. The van der Waals surface area contributed by atoms with Gasteiger partial charge in [-0.1, -0.05) is 74.6 Å².